The molecule has 3 nitrogen and oxygen atoms in total. The van der Waals surface area contributed by atoms with Crippen molar-refractivity contribution in [2.24, 2.45) is 0 Å². The van der Waals surface area contributed by atoms with Crippen LogP contribution in [0.15, 0.2) is 11.4 Å². The lowest BCUT2D eigenvalue weighted by molar-refractivity contribution is 0.0777. The highest BCUT2D eigenvalue weighted by molar-refractivity contribution is 7.12. The Balaban J connectivity index is 2.77. The summed E-state index contributed by atoms with van der Waals surface area (Å²) < 4.78 is 5.03. The zero-order chi connectivity index (χ0) is 10.6. The van der Waals surface area contributed by atoms with Gasteiger partial charge in [-0.25, -0.2) is 0 Å². The second-order valence-electron chi connectivity index (χ2n) is 2.83. The number of thiophene rings is 1. The third kappa shape index (κ3) is 2.26. The smallest absolute Gasteiger partial charge is 0.264 e. The van der Waals surface area contributed by atoms with Crippen LogP contribution < -0.4 is 4.74 Å². The van der Waals surface area contributed by atoms with E-state index in [9.17, 15) is 4.79 Å². The largest absolute Gasteiger partial charge is 0.496 e. The average Bonchev–Trinajstić information content (AvgIpc) is 2.67. The minimum atomic E-state index is 0.0864. The van der Waals surface area contributed by atoms with Gasteiger partial charge in [0, 0.05) is 24.5 Å². The van der Waals surface area contributed by atoms with Crippen LogP contribution in [0.1, 0.15) is 23.5 Å². The fourth-order valence-corrected chi connectivity index (χ4v) is 2.03. The molecule has 0 fully saturated rings. The molecule has 0 spiro atoms. The molecule has 0 aliphatic rings. The predicted molar refractivity (Wildman–Crippen MR) is 58.1 cm³/mol. The second-order valence-corrected chi connectivity index (χ2v) is 3.74. The molecule has 4 heteroatoms. The summed E-state index contributed by atoms with van der Waals surface area (Å²) in [7, 11) is 1.60. The van der Waals surface area contributed by atoms with Crippen molar-refractivity contribution in [3.63, 3.8) is 0 Å². The summed E-state index contributed by atoms with van der Waals surface area (Å²) in [6.07, 6.45) is 0. The predicted octanol–water partition coefficient (Wildman–Crippen LogP) is 2.24. The highest BCUT2D eigenvalue weighted by Gasteiger charge is 2.14. The average molecular weight is 213 g/mol. The van der Waals surface area contributed by atoms with E-state index in [0.717, 1.165) is 23.7 Å². The molecule has 1 rings (SSSR count). The Morgan fingerprint density at radius 1 is 1.50 bits per heavy atom. The minimum Gasteiger partial charge on any atom is -0.496 e. The summed E-state index contributed by atoms with van der Waals surface area (Å²) in [6.45, 7) is 5.45. The topological polar surface area (TPSA) is 29.5 Å². The van der Waals surface area contributed by atoms with Crippen molar-refractivity contribution in [2.45, 2.75) is 13.8 Å². The summed E-state index contributed by atoms with van der Waals surface area (Å²) in [6, 6.07) is 1.78. The number of methoxy groups -OCH3 is 1. The molecule has 0 atom stereocenters. The Morgan fingerprint density at radius 3 is 2.57 bits per heavy atom. The Bertz CT molecular complexity index is 305. The fourth-order valence-electron chi connectivity index (χ4n) is 1.20. The van der Waals surface area contributed by atoms with Crippen molar-refractivity contribution in [1.29, 1.82) is 0 Å². The number of hydrogen-bond acceptors (Lipinski definition) is 3. The number of hydrogen-bond donors (Lipinski definition) is 0. The molecule has 1 aromatic heterocycles. The zero-order valence-electron chi connectivity index (χ0n) is 8.74. The molecule has 0 unspecified atom stereocenters. The van der Waals surface area contributed by atoms with Gasteiger partial charge in [-0.15, -0.1) is 11.3 Å². The molecule has 0 N–H and O–H groups in total. The van der Waals surface area contributed by atoms with Gasteiger partial charge in [-0.2, -0.15) is 0 Å². The number of amides is 1. The van der Waals surface area contributed by atoms with Crippen molar-refractivity contribution in [1.82, 2.24) is 4.90 Å². The van der Waals surface area contributed by atoms with Gasteiger partial charge in [0.1, 0.15) is 5.75 Å². The third-order valence-corrected chi connectivity index (χ3v) is 2.97. The van der Waals surface area contributed by atoms with Gasteiger partial charge < -0.3 is 9.64 Å². The molecule has 0 saturated carbocycles. The van der Waals surface area contributed by atoms with E-state index in [1.807, 2.05) is 19.2 Å². The van der Waals surface area contributed by atoms with Crippen LogP contribution in [-0.2, 0) is 0 Å². The van der Waals surface area contributed by atoms with Crippen LogP contribution in [0.5, 0.6) is 5.75 Å². The van der Waals surface area contributed by atoms with Crippen molar-refractivity contribution >= 4 is 17.2 Å². The monoisotopic (exact) mass is 213 g/mol. The molecule has 0 radical (unpaired) electrons. The summed E-state index contributed by atoms with van der Waals surface area (Å²) in [5, 5.41) is 1.84. The van der Waals surface area contributed by atoms with E-state index in [0.29, 0.717) is 0 Å². The molecule has 0 aliphatic heterocycles. The van der Waals surface area contributed by atoms with Crippen LogP contribution in [0, 0.1) is 0 Å². The summed E-state index contributed by atoms with van der Waals surface area (Å²) >= 11 is 1.43. The van der Waals surface area contributed by atoms with Gasteiger partial charge in [-0.1, -0.05) is 0 Å². The second kappa shape index (κ2) is 5.00. The van der Waals surface area contributed by atoms with Crippen LogP contribution in [0.3, 0.4) is 0 Å². The third-order valence-electron chi connectivity index (χ3n) is 2.07. The van der Waals surface area contributed by atoms with Gasteiger partial charge in [0.05, 0.1) is 12.0 Å². The highest BCUT2D eigenvalue weighted by atomic mass is 32.1. The number of nitrogens with zero attached hydrogens (tertiary/aromatic N) is 1. The number of ether oxygens (including phenoxy) is 1. The van der Waals surface area contributed by atoms with Gasteiger partial charge in [-0.3, -0.25) is 4.79 Å². The Hall–Kier alpha value is -1.03. The van der Waals surface area contributed by atoms with E-state index in [1.165, 1.54) is 11.3 Å². The van der Waals surface area contributed by atoms with Crippen molar-refractivity contribution < 1.29 is 9.53 Å². The van der Waals surface area contributed by atoms with E-state index in [1.54, 1.807) is 18.1 Å². The van der Waals surface area contributed by atoms with Crippen molar-refractivity contribution in [3.05, 3.63) is 16.3 Å². The lowest BCUT2D eigenvalue weighted by atomic mass is 10.4. The van der Waals surface area contributed by atoms with Crippen LogP contribution in [-0.4, -0.2) is 31.0 Å². The lowest BCUT2D eigenvalue weighted by Crippen LogP contribution is -2.29. The first kappa shape index (κ1) is 11.0. The molecule has 1 heterocycles. The van der Waals surface area contributed by atoms with E-state index < -0.39 is 0 Å². The van der Waals surface area contributed by atoms with E-state index in [-0.39, 0.29) is 5.91 Å². The SMILES string of the molecule is CCN(CC)C(=O)c1cc(OC)cs1. The fraction of sp³-hybridized carbons (Fsp3) is 0.500. The lowest BCUT2D eigenvalue weighted by Gasteiger charge is -2.17. The maximum Gasteiger partial charge on any atom is 0.264 e. The molecule has 0 aliphatic carbocycles. The van der Waals surface area contributed by atoms with Gasteiger partial charge in [0.15, 0.2) is 0 Å². The van der Waals surface area contributed by atoms with Gasteiger partial charge >= 0.3 is 0 Å². The number of carbonyl (C=O) groups is 1. The maximum atomic E-state index is 11.8. The normalized spacial score (nSPS) is 9.93. The molecule has 78 valence electrons. The summed E-state index contributed by atoms with van der Waals surface area (Å²) in [5.41, 5.74) is 0. The molecular weight excluding hydrogens is 198 g/mol. The minimum absolute atomic E-state index is 0.0864. The standard InChI is InChI=1S/C10H15NO2S/c1-4-11(5-2)10(12)9-6-8(13-3)7-14-9/h6-7H,4-5H2,1-3H3. The Morgan fingerprint density at radius 2 is 2.14 bits per heavy atom. The first-order chi connectivity index (χ1) is 6.72. The van der Waals surface area contributed by atoms with E-state index in [4.69, 9.17) is 4.74 Å². The Labute approximate surface area is 88.3 Å². The first-order valence-corrected chi connectivity index (χ1v) is 5.52. The zero-order valence-corrected chi connectivity index (χ0v) is 9.56. The highest BCUT2D eigenvalue weighted by Crippen LogP contribution is 2.22. The van der Waals surface area contributed by atoms with Crippen LogP contribution in [0.4, 0.5) is 0 Å². The van der Waals surface area contributed by atoms with Crippen molar-refractivity contribution in [3.8, 4) is 5.75 Å². The number of carbonyl (C=O) groups excluding carboxylic acids is 1. The van der Waals surface area contributed by atoms with Crippen LogP contribution in [0.25, 0.3) is 0 Å². The van der Waals surface area contributed by atoms with Crippen LogP contribution >= 0.6 is 11.3 Å². The van der Waals surface area contributed by atoms with E-state index in [2.05, 4.69) is 0 Å². The Kier molecular flexibility index (Phi) is 3.95. The first-order valence-electron chi connectivity index (χ1n) is 4.64. The van der Waals surface area contributed by atoms with Gasteiger partial charge in [0.25, 0.3) is 5.91 Å². The van der Waals surface area contributed by atoms with Gasteiger partial charge in [-0.05, 0) is 13.8 Å². The van der Waals surface area contributed by atoms with Crippen molar-refractivity contribution in [2.75, 3.05) is 20.2 Å². The maximum absolute atomic E-state index is 11.8. The molecule has 0 aromatic carbocycles. The summed E-state index contributed by atoms with van der Waals surface area (Å²) in [4.78, 5) is 14.4. The van der Waals surface area contributed by atoms with Gasteiger partial charge in [0.2, 0.25) is 0 Å². The molecular formula is C10H15NO2S. The van der Waals surface area contributed by atoms with E-state index >= 15 is 0 Å². The van der Waals surface area contributed by atoms with Crippen LogP contribution in [0.2, 0.25) is 0 Å². The molecule has 0 saturated heterocycles. The number of rotatable bonds is 4. The summed E-state index contributed by atoms with van der Waals surface area (Å²) in [5.74, 6) is 0.841. The molecule has 14 heavy (non-hydrogen) atoms. The quantitative estimate of drug-likeness (QED) is 0.767. The molecule has 0 bridgehead atoms. The molecule has 1 amide bonds. The molecule has 1 aromatic rings.